The van der Waals surface area contributed by atoms with Crippen LogP contribution in [0.2, 0.25) is 0 Å². The van der Waals surface area contributed by atoms with Crippen molar-refractivity contribution in [3.63, 3.8) is 0 Å². The van der Waals surface area contributed by atoms with Gasteiger partial charge in [-0.25, -0.2) is 8.42 Å². The third kappa shape index (κ3) is 3.71. The van der Waals surface area contributed by atoms with Crippen LogP contribution in [0.3, 0.4) is 0 Å². The summed E-state index contributed by atoms with van der Waals surface area (Å²) in [7, 11) is 0. The van der Waals surface area contributed by atoms with Gasteiger partial charge in [0.15, 0.2) is 11.1 Å². The molecule has 1 rings (SSSR count). The quantitative estimate of drug-likeness (QED) is 0.784. The molecule has 0 bridgehead atoms. The molecule has 2 unspecified atom stereocenters. The van der Waals surface area contributed by atoms with E-state index in [1.807, 2.05) is 6.92 Å². The van der Waals surface area contributed by atoms with Crippen LogP contribution in [0.5, 0.6) is 0 Å². The number of aryl methyl sites for hydroxylation is 1. The predicted molar refractivity (Wildman–Crippen MR) is 60.1 cm³/mol. The van der Waals surface area contributed by atoms with E-state index >= 15 is 0 Å². The van der Waals surface area contributed by atoms with Crippen LogP contribution in [-0.4, -0.2) is 23.4 Å². The smallest absolute Gasteiger partial charge is 0.262 e. The highest BCUT2D eigenvalue weighted by atomic mass is 32.2. The van der Waals surface area contributed by atoms with E-state index in [-0.39, 0.29) is 0 Å². The minimum absolute atomic E-state index is 0.397. The average Bonchev–Trinajstić information content (AvgIpc) is 2.15. The molecule has 0 heterocycles. The summed E-state index contributed by atoms with van der Waals surface area (Å²) in [4.78, 5) is 0. The van der Waals surface area contributed by atoms with Crippen molar-refractivity contribution in [2.75, 3.05) is 10.2 Å². The van der Waals surface area contributed by atoms with E-state index in [1.54, 1.807) is 24.3 Å². The second-order valence-corrected chi connectivity index (χ2v) is 4.70. The van der Waals surface area contributed by atoms with Gasteiger partial charge >= 0.3 is 0 Å². The van der Waals surface area contributed by atoms with Gasteiger partial charge in [-0.1, -0.05) is 17.7 Å². The molecule has 0 aliphatic rings. The van der Waals surface area contributed by atoms with Crippen molar-refractivity contribution in [2.45, 2.75) is 6.92 Å². The second kappa shape index (κ2) is 5.36. The molecule has 84 valence electrons. The van der Waals surface area contributed by atoms with Gasteiger partial charge in [-0.15, -0.1) is 0 Å². The van der Waals surface area contributed by atoms with Crippen LogP contribution in [0, 0.1) is 6.92 Å². The fourth-order valence-electron chi connectivity index (χ4n) is 1.02. The lowest BCUT2D eigenvalue weighted by atomic mass is 10.2. The summed E-state index contributed by atoms with van der Waals surface area (Å²) in [5.74, 6) is -0.397. The van der Waals surface area contributed by atoms with Crippen molar-refractivity contribution < 1.29 is 17.5 Å². The van der Waals surface area contributed by atoms with E-state index in [4.69, 9.17) is 9.11 Å². The van der Waals surface area contributed by atoms with Crippen molar-refractivity contribution in [2.24, 2.45) is 0 Å². The first-order valence-electron chi connectivity index (χ1n) is 4.03. The molecule has 7 heteroatoms. The normalized spacial score (nSPS) is 14.6. The number of hydrogen-bond acceptors (Lipinski definition) is 2. The van der Waals surface area contributed by atoms with Crippen molar-refractivity contribution in [3.8, 4) is 0 Å². The van der Waals surface area contributed by atoms with Gasteiger partial charge in [0.2, 0.25) is 0 Å². The van der Waals surface area contributed by atoms with Crippen LogP contribution in [0.25, 0.3) is 0 Å². The van der Waals surface area contributed by atoms with E-state index in [2.05, 4.69) is 0 Å². The largest absolute Gasteiger partial charge is 0.305 e. The Hall–Kier alpha value is -0.760. The molecule has 0 saturated carbocycles. The molecular weight excluding hydrogens is 238 g/mol. The number of anilines is 1. The zero-order valence-electron chi connectivity index (χ0n) is 7.99. The minimum atomic E-state index is -2.30. The third-order valence-corrected chi connectivity index (χ3v) is 3.10. The lowest BCUT2D eigenvalue weighted by Crippen LogP contribution is -2.28. The summed E-state index contributed by atoms with van der Waals surface area (Å²) in [5, 5.41) is 0. The van der Waals surface area contributed by atoms with Gasteiger partial charge in [-0.05, 0) is 19.1 Å². The fraction of sp³-hybridized carbons (Fsp3) is 0.250. The van der Waals surface area contributed by atoms with Gasteiger partial charge in [0, 0.05) is 0 Å². The van der Waals surface area contributed by atoms with Crippen LogP contribution in [0.15, 0.2) is 24.3 Å². The van der Waals surface area contributed by atoms with Crippen LogP contribution < -0.4 is 4.31 Å². The number of nitrogens with zero attached hydrogens (tertiary/aromatic N) is 1. The molecule has 2 N–H and O–H groups in total. The maximum absolute atomic E-state index is 10.9. The third-order valence-electron chi connectivity index (χ3n) is 1.74. The Morgan fingerprint density at radius 2 is 1.73 bits per heavy atom. The molecule has 2 atom stereocenters. The number of hydrogen-bond donors (Lipinski definition) is 2. The van der Waals surface area contributed by atoms with Gasteiger partial charge in [0.1, 0.15) is 5.88 Å². The van der Waals surface area contributed by atoms with Gasteiger partial charge in [-0.2, -0.15) is 0 Å². The second-order valence-electron chi connectivity index (χ2n) is 2.90. The van der Waals surface area contributed by atoms with E-state index in [0.717, 1.165) is 9.87 Å². The highest BCUT2D eigenvalue weighted by Crippen LogP contribution is 2.16. The minimum Gasteiger partial charge on any atom is -0.305 e. The molecule has 5 nitrogen and oxygen atoms in total. The summed E-state index contributed by atoms with van der Waals surface area (Å²) in [6.45, 7) is 1.88. The molecule has 0 fully saturated rings. The zero-order valence-corrected chi connectivity index (χ0v) is 9.62. The zero-order chi connectivity index (χ0) is 11.4. The summed E-state index contributed by atoms with van der Waals surface area (Å²) in [6.07, 6.45) is 0. The summed E-state index contributed by atoms with van der Waals surface area (Å²) >= 11 is -4.45. The fourth-order valence-corrected chi connectivity index (χ4v) is 2.30. The highest BCUT2D eigenvalue weighted by molar-refractivity contribution is 7.84. The first kappa shape index (κ1) is 12.3. The Balaban J connectivity index is 2.94. The molecule has 0 amide bonds. The van der Waals surface area contributed by atoms with Crippen LogP contribution in [-0.2, 0) is 22.3 Å². The summed E-state index contributed by atoms with van der Waals surface area (Å²) in [6, 6.07) is 6.76. The number of benzene rings is 1. The SMILES string of the molecule is Cc1ccc(N(CS(=O)O)S(=O)O)cc1. The molecule has 15 heavy (non-hydrogen) atoms. The topological polar surface area (TPSA) is 77.8 Å². The Bertz CT molecular complexity index is 379. The van der Waals surface area contributed by atoms with E-state index in [9.17, 15) is 8.42 Å². The lowest BCUT2D eigenvalue weighted by Gasteiger charge is -2.17. The summed E-state index contributed by atoms with van der Waals surface area (Å²) < 4.78 is 40.0. The molecule has 0 aromatic heterocycles. The molecule has 0 radical (unpaired) electrons. The standard InChI is InChI=1S/C8H11NO4S2/c1-7-2-4-8(5-3-7)9(15(12)13)6-14(10)11/h2-5H,6H2,1H3,(H,10,11)(H,12,13). The predicted octanol–water partition coefficient (Wildman–Crippen LogP) is 1.12. The van der Waals surface area contributed by atoms with Crippen molar-refractivity contribution in [3.05, 3.63) is 29.8 Å². The molecule has 0 aliphatic heterocycles. The van der Waals surface area contributed by atoms with Gasteiger partial charge in [0.25, 0.3) is 11.3 Å². The van der Waals surface area contributed by atoms with Crippen LogP contribution in [0.1, 0.15) is 5.56 Å². The molecule has 1 aromatic carbocycles. The van der Waals surface area contributed by atoms with Crippen molar-refractivity contribution in [1.82, 2.24) is 0 Å². The Kier molecular flexibility index (Phi) is 4.40. The molecule has 0 aliphatic carbocycles. The van der Waals surface area contributed by atoms with Crippen molar-refractivity contribution >= 4 is 28.0 Å². The maximum Gasteiger partial charge on any atom is 0.262 e. The monoisotopic (exact) mass is 249 g/mol. The van der Waals surface area contributed by atoms with E-state index in [0.29, 0.717) is 5.69 Å². The Morgan fingerprint density at radius 3 is 2.13 bits per heavy atom. The molecule has 1 aromatic rings. The molecular formula is C8H11NO4S2. The summed E-state index contributed by atoms with van der Waals surface area (Å²) in [5.41, 5.74) is 1.44. The highest BCUT2D eigenvalue weighted by Gasteiger charge is 2.14. The first-order chi connectivity index (χ1) is 7.00. The van der Waals surface area contributed by atoms with E-state index in [1.165, 1.54) is 0 Å². The van der Waals surface area contributed by atoms with Crippen LogP contribution in [0.4, 0.5) is 5.69 Å². The van der Waals surface area contributed by atoms with Gasteiger partial charge < -0.3 is 4.55 Å². The van der Waals surface area contributed by atoms with Crippen molar-refractivity contribution in [1.29, 1.82) is 0 Å². The average molecular weight is 249 g/mol. The first-order valence-corrected chi connectivity index (χ1v) is 6.37. The Labute approximate surface area is 92.8 Å². The van der Waals surface area contributed by atoms with E-state index < -0.39 is 28.2 Å². The number of rotatable bonds is 4. The van der Waals surface area contributed by atoms with Gasteiger partial charge in [-0.3, -0.25) is 8.86 Å². The molecule has 0 saturated heterocycles. The maximum atomic E-state index is 10.9. The van der Waals surface area contributed by atoms with Gasteiger partial charge in [0.05, 0.1) is 5.69 Å². The lowest BCUT2D eigenvalue weighted by molar-refractivity contribution is 0.550. The molecule has 0 spiro atoms. The Morgan fingerprint density at radius 1 is 1.20 bits per heavy atom. The van der Waals surface area contributed by atoms with Crippen LogP contribution >= 0.6 is 0 Å².